The molecule has 0 radical (unpaired) electrons. The minimum atomic E-state index is -0.545. The van der Waals surface area contributed by atoms with Gasteiger partial charge in [-0.15, -0.1) is 0 Å². The highest BCUT2D eigenvalue weighted by Crippen LogP contribution is 2.29. The normalized spacial score (nSPS) is 10.6. The topological polar surface area (TPSA) is 26.3 Å². The Balaban J connectivity index is 2.23. The smallest absolute Gasteiger partial charge is 0.337 e. The van der Waals surface area contributed by atoms with Crippen LogP contribution in [0.1, 0.15) is 10.4 Å². The van der Waals surface area contributed by atoms with Crippen LogP contribution in [-0.2, 0) is 4.74 Å². The van der Waals surface area contributed by atoms with Gasteiger partial charge in [-0.2, -0.15) is 0 Å². The molecule has 0 spiro atoms. The number of methoxy groups -OCH3 is 1. The molecule has 104 valence electrons. The third-order valence-electron chi connectivity index (χ3n) is 3.42. The maximum atomic E-state index is 13.8. The Morgan fingerprint density at radius 1 is 1.00 bits per heavy atom. The zero-order valence-electron chi connectivity index (χ0n) is 11.5. The molecule has 21 heavy (non-hydrogen) atoms. The molecule has 0 saturated carbocycles. The van der Waals surface area contributed by atoms with Crippen molar-refractivity contribution in [2.24, 2.45) is 0 Å². The van der Waals surface area contributed by atoms with E-state index in [0.29, 0.717) is 5.56 Å². The number of halogens is 1. The standard InChI is InChI=1S/C18H13FO2/c1-21-18(20)14-9-13(10-15(19)11-14)17-8-4-6-12-5-2-3-7-16(12)17/h2-11H,1H3. The van der Waals surface area contributed by atoms with Gasteiger partial charge in [0.25, 0.3) is 0 Å². The second kappa shape index (κ2) is 5.37. The average Bonchev–Trinajstić information content (AvgIpc) is 2.53. The highest BCUT2D eigenvalue weighted by molar-refractivity contribution is 5.98. The maximum Gasteiger partial charge on any atom is 0.337 e. The third-order valence-corrected chi connectivity index (χ3v) is 3.42. The summed E-state index contributed by atoms with van der Waals surface area (Å²) in [4.78, 5) is 11.6. The molecule has 0 amide bonds. The maximum absolute atomic E-state index is 13.8. The summed E-state index contributed by atoms with van der Waals surface area (Å²) in [6, 6.07) is 18.0. The lowest BCUT2D eigenvalue weighted by molar-refractivity contribution is 0.0600. The van der Waals surface area contributed by atoms with Gasteiger partial charge in [0, 0.05) is 0 Å². The van der Waals surface area contributed by atoms with Crippen LogP contribution in [0.3, 0.4) is 0 Å². The largest absolute Gasteiger partial charge is 0.465 e. The van der Waals surface area contributed by atoms with Crippen LogP contribution in [-0.4, -0.2) is 13.1 Å². The number of hydrogen-bond donors (Lipinski definition) is 0. The van der Waals surface area contributed by atoms with E-state index in [-0.39, 0.29) is 5.56 Å². The van der Waals surface area contributed by atoms with Crippen molar-refractivity contribution in [3.05, 3.63) is 72.0 Å². The van der Waals surface area contributed by atoms with E-state index in [1.165, 1.54) is 19.2 Å². The fraction of sp³-hybridized carbons (Fsp3) is 0.0556. The first kappa shape index (κ1) is 13.3. The predicted octanol–water partition coefficient (Wildman–Crippen LogP) is 4.43. The van der Waals surface area contributed by atoms with Gasteiger partial charge in [-0.05, 0) is 40.1 Å². The van der Waals surface area contributed by atoms with Gasteiger partial charge in [0.2, 0.25) is 0 Å². The number of hydrogen-bond acceptors (Lipinski definition) is 2. The van der Waals surface area contributed by atoms with E-state index < -0.39 is 11.8 Å². The van der Waals surface area contributed by atoms with Crippen molar-refractivity contribution >= 4 is 16.7 Å². The first-order chi connectivity index (χ1) is 10.2. The van der Waals surface area contributed by atoms with Gasteiger partial charge in [-0.1, -0.05) is 42.5 Å². The molecule has 3 aromatic rings. The van der Waals surface area contributed by atoms with Crippen LogP contribution in [0.4, 0.5) is 4.39 Å². The molecule has 3 rings (SSSR count). The molecule has 0 N–H and O–H groups in total. The van der Waals surface area contributed by atoms with Gasteiger partial charge >= 0.3 is 5.97 Å². The molecule has 0 saturated heterocycles. The van der Waals surface area contributed by atoms with Crippen molar-refractivity contribution in [3.8, 4) is 11.1 Å². The number of ether oxygens (including phenoxy) is 1. The Kier molecular flexibility index (Phi) is 3.40. The lowest BCUT2D eigenvalue weighted by Crippen LogP contribution is -2.02. The molecular formula is C18H13FO2. The SMILES string of the molecule is COC(=O)c1cc(F)cc(-c2cccc3ccccc23)c1. The predicted molar refractivity (Wildman–Crippen MR) is 80.7 cm³/mol. The van der Waals surface area contributed by atoms with E-state index in [9.17, 15) is 9.18 Å². The molecule has 0 unspecified atom stereocenters. The van der Waals surface area contributed by atoms with Gasteiger partial charge in [-0.25, -0.2) is 9.18 Å². The molecule has 0 aliphatic carbocycles. The molecule has 0 aliphatic rings. The summed E-state index contributed by atoms with van der Waals surface area (Å²) in [6.07, 6.45) is 0. The first-order valence-electron chi connectivity index (χ1n) is 6.56. The van der Waals surface area contributed by atoms with E-state index in [1.54, 1.807) is 6.07 Å². The Bertz CT molecular complexity index is 819. The number of benzene rings is 3. The van der Waals surface area contributed by atoms with Gasteiger partial charge in [0.05, 0.1) is 12.7 Å². The number of carbonyl (C=O) groups excluding carboxylic acids is 1. The van der Waals surface area contributed by atoms with Crippen molar-refractivity contribution < 1.29 is 13.9 Å². The molecule has 0 bridgehead atoms. The second-order valence-corrected chi connectivity index (χ2v) is 4.75. The Morgan fingerprint density at radius 3 is 2.57 bits per heavy atom. The zero-order chi connectivity index (χ0) is 14.8. The van der Waals surface area contributed by atoms with E-state index in [4.69, 9.17) is 0 Å². The van der Waals surface area contributed by atoms with Crippen molar-refractivity contribution in [1.29, 1.82) is 0 Å². The molecular weight excluding hydrogens is 267 g/mol. The third kappa shape index (κ3) is 2.50. The Morgan fingerprint density at radius 2 is 1.76 bits per heavy atom. The summed E-state index contributed by atoms with van der Waals surface area (Å²) >= 11 is 0. The molecule has 0 atom stereocenters. The van der Waals surface area contributed by atoms with Crippen LogP contribution >= 0.6 is 0 Å². The monoisotopic (exact) mass is 280 g/mol. The molecule has 0 aliphatic heterocycles. The highest BCUT2D eigenvalue weighted by atomic mass is 19.1. The summed E-state index contributed by atoms with van der Waals surface area (Å²) in [6.45, 7) is 0. The summed E-state index contributed by atoms with van der Waals surface area (Å²) in [5, 5.41) is 2.08. The zero-order valence-corrected chi connectivity index (χ0v) is 11.5. The molecule has 0 fully saturated rings. The van der Waals surface area contributed by atoms with E-state index >= 15 is 0 Å². The van der Waals surface area contributed by atoms with Crippen LogP contribution in [0.15, 0.2) is 60.7 Å². The molecule has 3 aromatic carbocycles. The molecule has 0 heterocycles. The van der Waals surface area contributed by atoms with Crippen LogP contribution in [0.2, 0.25) is 0 Å². The van der Waals surface area contributed by atoms with Crippen molar-refractivity contribution in [1.82, 2.24) is 0 Å². The summed E-state index contributed by atoms with van der Waals surface area (Å²) in [5.41, 5.74) is 1.75. The molecule has 0 aromatic heterocycles. The highest BCUT2D eigenvalue weighted by Gasteiger charge is 2.11. The first-order valence-corrected chi connectivity index (χ1v) is 6.56. The molecule has 2 nitrogen and oxygen atoms in total. The number of fused-ring (bicyclic) bond motifs is 1. The van der Waals surface area contributed by atoms with Gasteiger partial charge < -0.3 is 4.74 Å². The fourth-order valence-electron chi connectivity index (χ4n) is 2.46. The van der Waals surface area contributed by atoms with Crippen molar-refractivity contribution in [2.45, 2.75) is 0 Å². The van der Waals surface area contributed by atoms with Crippen molar-refractivity contribution in [3.63, 3.8) is 0 Å². The quantitative estimate of drug-likeness (QED) is 0.649. The molecule has 3 heteroatoms. The van der Waals surface area contributed by atoms with Crippen LogP contribution in [0.25, 0.3) is 21.9 Å². The number of esters is 1. The average molecular weight is 280 g/mol. The minimum absolute atomic E-state index is 0.209. The van der Waals surface area contributed by atoms with Gasteiger partial charge in [-0.3, -0.25) is 0 Å². The minimum Gasteiger partial charge on any atom is -0.465 e. The Labute approximate surface area is 121 Å². The summed E-state index contributed by atoms with van der Waals surface area (Å²) in [7, 11) is 1.28. The van der Waals surface area contributed by atoms with E-state index in [1.807, 2.05) is 42.5 Å². The lowest BCUT2D eigenvalue weighted by atomic mass is 9.97. The van der Waals surface area contributed by atoms with Gasteiger partial charge in [0.15, 0.2) is 0 Å². The van der Waals surface area contributed by atoms with Gasteiger partial charge in [0.1, 0.15) is 5.82 Å². The fourth-order valence-corrected chi connectivity index (χ4v) is 2.46. The van der Waals surface area contributed by atoms with Crippen LogP contribution < -0.4 is 0 Å². The van der Waals surface area contributed by atoms with Crippen LogP contribution in [0, 0.1) is 5.82 Å². The number of rotatable bonds is 2. The summed E-state index contributed by atoms with van der Waals surface area (Å²) in [5.74, 6) is -1.00. The van der Waals surface area contributed by atoms with Crippen molar-refractivity contribution in [2.75, 3.05) is 7.11 Å². The van der Waals surface area contributed by atoms with E-state index in [0.717, 1.165) is 16.3 Å². The van der Waals surface area contributed by atoms with E-state index in [2.05, 4.69) is 4.74 Å². The van der Waals surface area contributed by atoms with Crippen LogP contribution in [0.5, 0.6) is 0 Å². The summed E-state index contributed by atoms with van der Waals surface area (Å²) < 4.78 is 18.5. The lowest BCUT2D eigenvalue weighted by Gasteiger charge is -2.09. The second-order valence-electron chi connectivity index (χ2n) is 4.75. The Hall–Kier alpha value is -2.68. The number of carbonyl (C=O) groups is 1.